The summed E-state index contributed by atoms with van der Waals surface area (Å²) in [7, 11) is 0. The molecule has 0 heterocycles. The normalized spacial score (nSPS) is 9.15. The Morgan fingerprint density at radius 1 is 0.900 bits per heavy atom. The van der Waals surface area contributed by atoms with Gasteiger partial charge in [-0.25, -0.2) is 0 Å². The van der Waals surface area contributed by atoms with Crippen molar-refractivity contribution in [2.75, 3.05) is 0 Å². The lowest BCUT2D eigenvalue weighted by Crippen LogP contribution is -1.84. The molecule has 0 aliphatic rings. The Bertz CT molecular complexity index is 688. The second kappa shape index (κ2) is 6.56. The molecule has 3 nitrogen and oxygen atoms in total. The molecule has 2 aromatic carbocycles. The topological polar surface area (TPSA) is 56.8 Å². The fourth-order valence-corrected chi connectivity index (χ4v) is 1.79. The van der Waals surface area contributed by atoms with Crippen molar-refractivity contribution in [3.8, 4) is 23.6 Å². The predicted octanol–water partition coefficient (Wildman–Crippen LogP) is 4.67. The molecule has 0 radical (unpaired) electrons. The Kier molecular flexibility index (Phi) is 4.55. The number of hydrogen-bond acceptors (Lipinski definition) is 3. The van der Waals surface area contributed by atoms with Gasteiger partial charge in [0.15, 0.2) is 0 Å². The van der Waals surface area contributed by atoms with Crippen LogP contribution in [0.15, 0.2) is 58.6 Å². The van der Waals surface area contributed by atoms with Crippen LogP contribution in [0, 0.1) is 22.7 Å². The summed E-state index contributed by atoms with van der Waals surface area (Å²) in [4.78, 5) is 0. The molecular weight excluding hydrogens is 316 g/mol. The van der Waals surface area contributed by atoms with Crippen LogP contribution in [0.1, 0.15) is 5.56 Å². The van der Waals surface area contributed by atoms with E-state index in [1.165, 1.54) is 6.08 Å². The summed E-state index contributed by atoms with van der Waals surface area (Å²) in [5.41, 5.74) is 0.859. The van der Waals surface area contributed by atoms with E-state index in [0.29, 0.717) is 5.75 Å². The average Bonchev–Trinajstić information content (AvgIpc) is 2.49. The molecule has 0 saturated carbocycles. The maximum Gasteiger partial charge on any atom is 0.130 e. The molecule has 0 N–H and O–H groups in total. The van der Waals surface area contributed by atoms with Crippen LogP contribution >= 0.6 is 15.9 Å². The average molecular weight is 325 g/mol. The van der Waals surface area contributed by atoms with Crippen molar-refractivity contribution in [3.63, 3.8) is 0 Å². The van der Waals surface area contributed by atoms with E-state index >= 15 is 0 Å². The maximum absolute atomic E-state index is 8.69. The molecule has 0 unspecified atom stereocenters. The Hall–Kier alpha value is -2.56. The third kappa shape index (κ3) is 3.71. The number of nitrogens with zero attached hydrogens (tertiary/aromatic N) is 2. The van der Waals surface area contributed by atoms with E-state index in [2.05, 4.69) is 15.9 Å². The summed E-state index contributed by atoms with van der Waals surface area (Å²) in [5.74, 6) is 1.44. The van der Waals surface area contributed by atoms with Gasteiger partial charge in [-0.05, 0) is 48.0 Å². The zero-order valence-corrected chi connectivity index (χ0v) is 12.0. The molecule has 0 aromatic heterocycles. The van der Waals surface area contributed by atoms with Crippen molar-refractivity contribution in [2.45, 2.75) is 0 Å². The first kappa shape index (κ1) is 13.9. The summed E-state index contributed by atoms with van der Waals surface area (Å²) in [6.07, 6.45) is 1.53. The number of ether oxygens (including phenoxy) is 1. The smallest absolute Gasteiger partial charge is 0.130 e. The molecule has 4 heteroatoms. The monoisotopic (exact) mass is 324 g/mol. The van der Waals surface area contributed by atoms with Crippen LogP contribution in [0.25, 0.3) is 6.08 Å². The molecule has 96 valence electrons. The van der Waals surface area contributed by atoms with Crippen LogP contribution in [0.5, 0.6) is 11.5 Å². The van der Waals surface area contributed by atoms with Crippen molar-refractivity contribution in [1.82, 2.24) is 0 Å². The first-order chi connectivity index (χ1) is 9.71. The molecule has 0 spiro atoms. The third-order valence-electron chi connectivity index (χ3n) is 2.48. The fourth-order valence-electron chi connectivity index (χ4n) is 1.53. The Morgan fingerprint density at radius 3 is 1.90 bits per heavy atom. The van der Waals surface area contributed by atoms with Gasteiger partial charge in [-0.3, -0.25) is 0 Å². The molecule has 0 bridgehead atoms. The number of nitriles is 2. The summed E-state index contributed by atoms with van der Waals surface area (Å²) in [6.45, 7) is 0. The predicted molar refractivity (Wildman–Crippen MR) is 79.9 cm³/mol. The molecule has 0 atom stereocenters. The highest BCUT2D eigenvalue weighted by molar-refractivity contribution is 9.10. The molecule has 20 heavy (non-hydrogen) atoms. The Labute approximate surface area is 125 Å². The second-order valence-corrected chi connectivity index (χ2v) is 4.82. The van der Waals surface area contributed by atoms with E-state index in [1.807, 2.05) is 36.4 Å². The molecule has 0 saturated heterocycles. The van der Waals surface area contributed by atoms with Gasteiger partial charge in [-0.1, -0.05) is 28.1 Å². The lowest BCUT2D eigenvalue weighted by molar-refractivity contribution is 0.482. The minimum atomic E-state index is 0.0755. The molecule has 0 fully saturated rings. The van der Waals surface area contributed by atoms with Crippen LogP contribution in [-0.2, 0) is 0 Å². The van der Waals surface area contributed by atoms with E-state index in [0.717, 1.165) is 15.8 Å². The number of allylic oxidation sites excluding steroid dienone is 1. The summed E-state index contributed by atoms with van der Waals surface area (Å²) in [6, 6.07) is 18.3. The molecule has 0 aliphatic carbocycles. The Morgan fingerprint density at radius 2 is 1.40 bits per heavy atom. The largest absolute Gasteiger partial charge is 0.457 e. The van der Waals surface area contributed by atoms with Crippen molar-refractivity contribution in [2.24, 2.45) is 0 Å². The summed E-state index contributed by atoms with van der Waals surface area (Å²) in [5, 5.41) is 17.4. The van der Waals surface area contributed by atoms with Gasteiger partial charge in [0.2, 0.25) is 0 Å². The highest BCUT2D eigenvalue weighted by atomic mass is 79.9. The molecule has 0 amide bonds. The van der Waals surface area contributed by atoms with Crippen LogP contribution in [0.4, 0.5) is 0 Å². The zero-order valence-electron chi connectivity index (χ0n) is 10.4. The molecule has 2 aromatic rings. The second-order valence-electron chi connectivity index (χ2n) is 3.91. The van der Waals surface area contributed by atoms with E-state index in [9.17, 15) is 0 Å². The lowest BCUT2D eigenvalue weighted by Gasteiger charge is -2.05. The van der Waals surface area contributed by atoms with Gasteiger partial charge >= 0.3 is 0 Å². The van der Waals surface area contributed by atoms with Gasteiger partial charge in [-0.15, -0.1) is 0 Å². The summed E-state index contributed by atoms with van der Waals surface area (Å²) < 4.78 is 6.67. The van der Waals surface area contributed by atoms with Gasteiger partial charge in [0.25, 0.3) is 0 Å². The van der Waals surface area contributed by atoms with E-state index in [-0.39, 0.29) is 5.57 Å². The van der Waals surface area contributed by atoms with Gasteiger partial charge in [0, 0.05) is 4.47 Å². The molecular formula is C16H9BrN2O. The number of hydrogen-bond donors (Lipinski definition) is 0. The highest BCUT2D eigenvalue weighted by Crippen LogP contribution is 2.23. The number of rotatable bonds is 3. The summed E-state index contributed by atoms with van der Waals surface area (Å²) >= 11 is 3.36. The van der Waals surface area contributed by atoms with Crippen LogP contribution in [0.2, 0.25) is 0 Å². The van der Waals surface area contributed by atoms with Crippen LogP contribution < -0.4 is 4.74 Å². The Balaban J connectivity index is 2.13. The quantitative estimate of drug-likeness (QED) is 0.770. The van der Waals surface area contributed by atoms with Crippen LogP contribution in [0.3, 0.4) is 0 Å². The van der Waals surface area contributed by atoms with Crippen molar-refractivity contribution in [1.29, 1.82) is 10.5 Å². The van der Waals surface area contributed by atoms with Crippen molar-refractivity contribution < 1.29 is 4.74 Å². The van der Waals surface area contributed by atoms with Gasteiger partial charge < -0.3 is 4.74 Å². The standard InChI is InChI=1S/C16H9BrN2O/c17-14-3-7-16(8-4-14)20-15-5-1-12(2-6-15)9-13(10-18)11-19/h1-9H. The third-order valence-corrected chi connectivity index (χ3v) is 3.01. The highest BCUT2D eigenvalue weighted by Gasteiger charge is 1.98. The molecule has 0 aliphatic heterocycles. The van der Waals surface area contributed by atoms with E-state index in [4.69, 9.17) is 15.3 Å². The van der Waals surface area contributed by atoms with E-state index in [1.54, 1.807) is 24.3 Å². The SMILES string of the molecule is N#CC(C#N)=Cc1ccc(Oc2ccc(Br)cc2)cc1. The number of halogens is 1. The lowest BCUT2D eigenvalue weighted by atomic mass is 10.1. The van der Waals surface area contributed by atoms with Gasteiger partial charge in [0.05, 0.1) is 0 Å². The molecule has 2 rings (SSSR count). The first-order valence-electron chi connectivity index (χ1n) is 5.76. The minimum Gasteiger partial charge on any atom is -0.457 e. The maximum atomic E-state index is 8.69. The van der Waals surface area contributed by atoms with Crippen LogP contribution in [-0.4, -0.2) is 0 Å². The van der Waals surface area contributed by atoms with Crippen molar-refractivity contribution in [3.05, 3.63) is 64.1 Å². The van der Waals surface area contributed by atoms with Gasteiger partial charge in [0.1, 0.15) is 29.2 Å². The number of benzene rings is 2. The van der Waals surface area contributed by atoms with Crippen molar-refractivity contribution >= 4 is 22.0 Å². The van der Waals surface area contributed by atoms with Gasteiger partial charge in [-0.2, -0.15) is 10.5 Å². The fraction of sp³-hybridized carbons (Fsp3) is 0. The zero-order chi connectivity index (χ0) is 14.4. The minimum absolute atomic E-state index is 0.0755. The first-order valence-corrected chi connectivity index (χ1v) is 6.56. The van der Waals surface area contributed by atoms with E-state index < -0.39 is 0 Å².